The normalized spacial score (nSPS) is 19.0. The molecule has 0 spiro atoms. The first-order valence-corrected chi connectivity index (χ1v) is 10.8. The molecule has 0 saturated carbocycles. The van der Waals surface area contributed by atoms with Gasteiger partial charge in [-0.1, -0.05) is 42.5 Å². The van der Waals surface area contributed by atoms with E-state index in [-0.39, 0.29) is 16.9 Å². The molecule has 0 atom stereocenters. The smallest absolute Gasteiger partial charge is 0.163 e. The molecule has 0 unspecified atom stereocenters. The molecule has 2 aromatic carbocycles. The minimum absolute atomic E-state index is 0.0879. The van der Waals surface area contributed by atoms with Crippen molar-refractivity contribution in [3.63, 3.8) is 0 Å². The second-order valence-electron chi connectivity index (χ2n) is 9.09. The second kappa shape index (κ2) is 8.20. The van der Waals surface area contributed by atoms with E-state index in [2.05, 4.69) is 69.4 Å². The fourth-order valence-corrected chi connectivity index (χ4v) is 5.39. The molecule has 3 heteroatoms. The zero-order chi connectivity index (χ0) is 19.5. The Labute approximate surface area is 168 Å². The van der Waals surface area contributed by atoms with Crippen LogP contribution in [0.1, 0.15) is 62.9 Å². The lowest BCUT2D eigenvalue weighted by atomic mass is 9.74. The number of carbonyl (C=O) groups is 1. The molecule has 3 rings (SSSR count). The molecule has 1 heterocycles. The summed E-state index contributed by atoms with van der Waals surface area (Å²) in [5.41, 5.74) is 2.34. The van der Waals surface area contributed by atoms with Crippen molar-refractivity contribution in [1.29, 1.82) is 0 Å². The van der Waals surface area contributed by atoms with Crippen LogP contribution in [0.5, 0.6) is 0 Å². The highest BCUT2D eigenvalue weighted by molar-refractivity contribution is 7.98. The van der Waals surface area contributed by atoms with Crippen molar-refractivity contribution >= 4 is 17.5 Å². The van der Waals surface area contributed by atoms with Gasteiger partial charge in [-0.25, -0.2) is 0 Å². The van der Waals surface area contributed by atoms with Gasteiger partial charge in [-0.05, 0) is 64.2 Å². The molecule has 1 N–H and O–H groups in total. The number of carbonyl (C=O) groups excluding carboxylic acids is 1. The summed E-state index contributed by atoms with van der Waals surface area (Å²) in [7, 11) is 0. The number of rotatable bonds is 6. The maximum absolute atomic E-state index is 12.8. The molecule has 0 aliphatic carbocycles. The Morgan fingerprint density at radius 3 is 2.15 bits per heavy atom. The summed E-state index contributed by atoms with van der Waals surface area (Å²) in [4.78, 5) is 14.0. The molecule has 1 aliphatic heterocycles. The first-order valence-electron chi connectivity index (χ1n) is 9.82. The van der Waals surface area contributed by atoms with Crippen molar-refractivity contribution in [2.24, 2.45) is 5.92 Å². The molecule has 1 aliphatic rings. The van der Waals surface area contributed by atoms with Crippen LogP contribution in [-0.4, -0.2) is 16.9 Å². The van der Waals surface area contributed by atoms with E-state index in [0.717, 1.165) is 24.2 Å². The fraction of sp³-hybridized carbons (Fsp3) is 0.458. The Balaban J connectivity index is 1.57. The lowest BCUT2D eigenvalue weighted by Crippen LogP contribution is -2.57. The molecule has 2 aromatic rings. The third-order valence-electron chi connectivity index (χ3n) is 5.17. The predicted octanol–water partition coefficient (Wildman–Crippen LogP) is 6.11. The number of hydrogen-bond acceptors (Lipinski definition) is 3. The van der Waals surface area contributed by atoms with Crippen LogP contribution in [-0.2, 0) is 5.75 Å². The van der Waals surface area contributed by atoms with Crippen LogP contribution < -0.4 is 5.32 Å². The SMILES string of the molecule is CC1(C)CC(CC(=O)c2ccc(SCc3ccccc3)cc2)CC(C)(C)N1. The molecule has 2 nitrogen and oxygen atoms in total. The van der Waals surface area contributed by atoms with Gasteiger partial charge >= 0.3 is 0 Å². The highest BCUT2D eigenvalue weighted by Crippen LogP contribution is 2.35. The van der Waals surface area contributed by atoms with Crippen LogP contribution in [0.3, 0.4) is 0 Å². The number of Topliss-reactive ketones (excluding diaryl/α,β-unsaturated/α-hetero) is 1. The Hall–Kier alpha value is -1.58. The minimum Gasteiger partial charge on any atom is -0.307 e. The third-order valence-corrected chi connectivity index (χ3v) is 6.26. The Morgan fingerprint density at radius 1 is 0.963 bits per heavy atom. The van der Waals surface area contributed by atoms with E-state index in [1.165, 1.54) is 10.5 Å². The molecule has 0 amide bonds. The summed E-state index contributed by atoms with van der Waals surface area (Å²) in [6.45, 7) is 8.96. The van der Waals surface area contributed by atoms with E-state index in [9.17, 15) is 4.79 Å². The van der Waals surface area contributed by atoms with Gasteiger partial charge < -0.3 is 5.32 Å². The largest absolute Gasteiger partial charge is 0.307 e. The summed E-state index contributed by atoms with van der Waals surface area (Å²) >= 11 is 1.81. The number of thioether (sulfide) groups is 1. The van der Waals surface area contributed by atoms with Crippen molar-refractivity contribution in [1.82, 2.24) is 5.32 Å². The summed E-state index contributed by atoms with van der Waals surface area (Å²) in [5, 5.41) is 3.70. The standard InChI is InChI=1S/C24H31NOS/c1-23(2)15-19(16-24(3,4)25-23)14-22(26)20-10-12-21(13-11-20)27-17-18-8-6-5-7-9-18/h5-13,19,25H,14-17H2,1-4H3. The molecule has 1 saturated heterocycles. The van der Waals surface area contributed by atoms with Crippen molar-refractivity contribution in [2.75, 3.05) is 0 Å². The van der Waals surface area contributed by atoms with E-state index >= 15 is 0 Å². The summed E-state index contributed by atoms with van der Waals surface area (Å²) < 4.78 is 0. The average Bonchev–Trinajstić information content (AvgIpc) is 2.58. The predicted molar refractivity (Wildman–Crippen MR) is 115 cm³/mol. The Morgan fingerprint density at radius 2 is 1.56 bits per heavy atom. The fourth-order valence-electron chi connectivity index (χ4n) is 4.54. The molecule has 0 aromatic heterocycles. The van der Waals surface area contributed by atoms with Gasteiger partial charge in [0.25, 0.3) is 0 Å². The van der Waals surface area contributed by atoms with E-state index in [4.69, 9.17) is 0 Å². The highest BCUT2D eigenvalue weighted by Gasteiger charge is 2.38. The third kappa shape index (κ3) is 5.95. The first kappa shape index (κ1) is 20.2. The number of benzene rings is 2. The molecule has 0 bridgehead atoms. The summed E-state index contributed by atoms with van der Waals surface area (Å²) in [6.07, 6.45) is 2.74. The van der Waals surface area contributed by atoms with Crippen LogP contribution in [0, 0.1) is 5.92 Å². The lowest BCUT2D eigenvalue weighted by molar-refractivity contribution is 0.0864. The molecule has 144 valence electrons. The quantitative estimate of drug-likeness (QED) is 0.483. The molecule has 0 radical (unpaired) electrons. The minimum atomic E-state index is 0.0879. The molecule has 27 heavy (non-hydrogen) atoms. The van der Waals surface area contributed by atoms with Gasteiger partial charge in [-0.3, -0.25) is 4.79 Å². The van der Waals surface area contributed by atoms with Crippen LogP contribution in [0.4, 0.5) is 0 Å². The summed E-state index contributed by atoms with van der Waals surface area (Å²) in [5.74, 6) is 1.66. The number of piperidine rings is 1. The van der Waals surface area contributed by atoms with E-state index in [1.54, 1.807) is 0 Å². The number of nitrogens with one attached hydrogen (secondary N) is 1. The van der Waals surface area contributed by atoms with Crippen molar-refractivity contribution in [3.05, 3.63) is 65.7 Å². The lowest BCUT2D eigenvalue weighted by Gasteiger charge is -2.46. The van der Waals surface area contributed by atoms with E-state index < -0.39 is 0 Å². The van der Waals surface area contributed by atoms with Gasteiger partial charge in [-0.15, -0.1) is 11.8 Å². The monoisotopic (exact) mass is 381 g/mol. The number of hydrogen-bond donors (Lipinski definition) is 1. The zero-order valence-corrected chi connectivity index (χ0v) is 17.7. The summed E-state index contributed by atoms with van der Waals surface area (Å²) in [6, 6.07) is 18.6. The maximum Gasteiger partial charge on any atom is 0.163 e. The van der Waals surface area contributed by atoms with Gasteiger partial charge in [0.1, 0.15) is 0 Å². The molecule has 1 fully saturated rings. The van der Waals surface area contributed by atoms with Crippen LogP contribution >= 0.6 is 11.8 Å². The van der Waals surface area contributed by atoms with Gasteiger partial charge in [0.15, 0.2) is 5.78 Å². The Kier molecular flexibility index (Phi) is 6.12. The molecular formula is C24H31NOS. The average molecular weight is 382 g/mol. The maximum atomic E-state index is 12.8. The second-order valence-corrected chi connectivity index (χ2v) is 10.1. The first-order chi connectivity index (χ1) is 12.7. The molecular weight excluding hydrogens is 350 g/mol. The van der Waals surface area contributed by atoms with Gasteiger partial charge in [0, 0.05) is 33.7 Å². The van der Waals surface area contributed by atoms with Gasteiger partial charge in [0.05, 0.1) is 0 Å². The zero-order valence-electron chi connectivity index (χ0n) is 16.9. The van der Waals surface area contributed by atoms with E-state index in [1.807, 2.05) is 30.0 Å². The van der Waals surface area contributed by atoms with Crippen molar-refractivity contribution in [3.8, 4) is 0 Å². The van der Waals surface area contributed by atoms with Gasteiger partial charge in [0.2, 0.25) is 0 Å². The van der Waals surface area contributed by atoms with Crippen molar-refractivity contribution in [2.45, 2.75) is 68.7 Å². The van der Waals surface area contributed by atoms with Crippen LogP contribution in [0.25, 0.3) is 0 Å². The number of ketones is 1. The van der Waals surface area contributed by atoms with Crippen LogP contribution in [0.15, 0.2) is 59.5 Å². The van der Waals surface area contributed by atoms with Gasteiger partial charge in [-0.2, -0.15) is 0 Å². The Bertz CT molecular complexity index is 749. The van der Waals surface area contributed by atoms with E-state index in [0.29, 0.717) is 12.3 Å². The van der Waals surface area contributed by atoms with Crippen LogP contribution in [0.2, 0.25) is 0 Å². The van der Waals surface area contributed by atoms with Crippen molar-refractivity contribution < 1.29 is 4.79 Å². The highest BCUT2D eigenvalue weighted by atomic mass is 32.2. The topological polar surface area (TPSA) is 29.1 Å².